The normalized spacial score (nSPS) is 25.9. The van der Waals surface area contributed by atoms with Gasteiger partial charge in [-0.05, 0) is 18.4 Å². The molecule has 2 atom stereocenters. The monoisotopic (exact) mass is 196 g/mol. The smallest absolute Gasteiger partial charge is 0.0976 e. The summed E-state index contributed by atoms with van der Waals surface area (Å²) in [5.41, 5.74) is 1.38. The van der Waals surface area contributed by atoms with E-state index in [0.29, 0.717) is 18.1 Å². The van der Waals surface area contributed by atoms with Crippen LogP contribution in [-0.4, -0.2) is 18.1 Å². The zero-order chi connectivity index (χ0) is 9.10. The van der Waals surface area contributed by atoms with Crippen molar-refractivity contribution < 1.29 is 4.74 Å². The van der Waals surface area contributed by atoms with Crippen molar-refractivity contribution in [2.75, 3.05) is 5.88 Å². The Kier molecular flexibility index (Phi) is 2.87. The highest BCUT2D eigenvalue weighted by Gasteiger charge is 2.36. The van der Waals surface area contributed by atoms with Gasteiger partial charge in [0.25, 0.3) is 0 Å². The Labute approximate surface area is 83.7 Å². The van der Waals surface area contributed by atoms with Crippen molar-refractivity contribution in [2.45, 2.75) is 25.0 Å². The first-order valence-electron chi connectivity index (χ1n) is 4.65. The minimum absolute atomic E-state index is 0.324. The van der Waals surface area contributed by atoms with E-state index >= 15 is 0 Å². The van der Waals surface area contributed by atoms with Gasteiger partial charge in [-0.25, -0.2) is 0 Å². The van der Waals surface area contributed by atoms with Gasteiger partial charge in [-0.3, -0.25) is 0 Å². The first-order chi connectivity index (χ1) is 6.40. The maximum Gasteiger partial charge on any atom is 0.0976 e. The quantitative estimate of drug-likeness (QED) is 0.533. The summed E-state index contributed by atoms with van der Waals surface area (Å²) in [4.78, 5) is 0. The van der Waals surface area contributed by atoms with Crippen LogP contribution in [0.15, 0.2) is 30.3 Å². The molecule has 1 nitrogen and oxygen atoms in total. The number of epoxide rings is 1. The van der Waals surface area contributed by atoms with E-state index in [2.05, 4.69) is 24.3 Å². The Morgan fingerprint density at radius 1 is 1.15 bits per heavy atom. The minimum Gasteiger partial charge on any atom is -0.368 e. The van der Waals surface area contributed by atoms with Gasteiger partial charge >= 0.3 is 0 Å². The number of hydrogen-bond acceptors (Lipinski definition) is 1. The molecular weight excluding hydrogens is 184 g/mol. The highest BCUT2D eigenvalue weighted by atomic mass is 35.5. The summed E-state index contributed by atoms with van der Waals surface area (Å²) in [6.45, 7) is 0. The second-order valence-corrected chi connectivity index (χ2v) is 3.70. The standard InChI is InChI=1S/C11H13ClO/c12-8-11-10(13-11)7-6-9-4-2-1-3-5-9/h1-5,10-11H,6-8H2/t10-,11-/m0/s1. The average molecular weight is 197 g/mol. The molecule has 0 radical (unpaired) electrons. The molecule has 13 heavy (non-hydrogen) atoms. The molecule has 2 rings (SSSR count). The first kappa shape index (κ1) is 9.04. The fourth-order valence-electron chi connectivity index (χ4n) is 1.52. The van der Waals surface area contributed by atoms with E-state index < -0.39 is 0 Å². The Bertz CT molecular complexity index is 260. The van der Waals surface area contributed by atoms with Crippen LogP contribution in [0.3, 0.4) is 0 Å². The summed E-state index contributed by atoms with van der Waals surface area (Å²) in [6, 6.07) is 10.5. The number of hydrogen-bond donors (Lipinski definition) is 0. The van der Waals surface area contributed by atoms with Crippen molar-refractivity contribution in [3.8, 4) is 0 Å². The predicted octanol–water partition coefficient (Wildman–Crippen LogP) is 2.63. The summed E-state index contributed by atoms with van der Waals surface area (Å²) < 4.78 is 5.36. The van der Waals surface area contributed by atoms with Crippen LogP contribution < -0.4 is 0 Å². The zero-order valence-corrected chi connectivity index (χ0v) is 8.20. The second kappa shape index (κ2) is 4.12. The van der Waals surface area contributed by atoms with Gasteiger partial charge in [0, 0.05) is 0 Å². The Hall–Kier alpha value is -0.530. The lowest BCUT2D eigenvalue weighted by Gasteiger charge is -1.97. The molecule has 0 bridgehead atoms. The highest BCUT2D eigenvalue weighted by Crippen LogP contribution is 2.27. The van der Waals surface area contributed by atoms with Gasteiger partial charge in [0.2, 0.25) is 0 Å². The molecule has 1 aliphatic rings. The molecule has 1 fully saturated rings. The largest absolute Gasteiger partial charge is 0.368 e. The second-order valence-electron chi connectivity index (χ2n) is 3.39. The van der Waals surface area contributed by atoms with Gasteiger partial charge in [-0.2, -0.15) is 0 Å². The lowest BCUT2D eigenvalue weighted by atomic mass is 10.1. The fourth-order valence-corrected chi connectivity index (χ4v) is 1.79. The number of benzene rings is 1. The SMILES string of the molecule is ClC[C@@H]1O[C@H]1CCc1ccccc1. The van der Waals surface area contributed by atoms with Crippen molar-refractivity contribution in [2.24, 2.45) is 0 Å². The Morgan fingerprint density at radius 2 is 1.92 bits per heavy atom. The Morgan fingerprint density at radius 3 is 2.54 bits per heavy atom. The molecule has 1 aliphatic heterocycles. The van der Waals surface area contributed by atoms with E-state index in [1.165, 1.54) is 5.56 Å². The first-order valence-corrected chi connectivity index (χ1v) is 5.19. The number of halogens is 1. The molecule has 1 aromatic rings. The number of aryl methyl sites for hydroxylation is 1. The summed E-state index contributed by atoms with van der Waals surface area (Å²) >= 11 is 5.65. The van der Waals surface area contributed by atoms with E-state index in [0.717, 1.165) is 12.8 Å². The van der Waals surface area contributed by atoms with Crippen LogP contribution in [0.25, 0.3) is 0 Å². The minimum atomic E-state index is 0.324. The lowest BCUT2D eigenvalue weighted by molar-refractivity contribution is 0.371. The summed E-state index contributed by atoms with van der Waals surface area (Å²) in [7, 11) is 0. The molecule has 0 aliphatic carbocycles. The third kappa shape index (κ3) is 2.45. The maximum absolute atomic E-state index is 5.65. The van der Waals surface area contributed by atoms with E-state index in [9.17, 15) is 0 Å². The van der Waals surface area contributed by atoms with E-state index in [1.54, 1.807) is 0 Å². The molecular formula is C11H13ClO. The molecule has 2 heteroatoms. The predicted molar refractivity (Wildman–Crippen MR) is 54.1 cm³/mol. The molecule has 0 saturated carbocycles. The van der Waals surface area contributed by atoms with Crippen LogP contribution in [0.4, 0.5) is 0 Å². The van der Waals surface area contributed by atoms with Crippen molar-refractivity contribution in [3.63, 3.8) is 0 Å². The maximum atomic E-state index is 5.65. The van der Waals surface area contributed by atoms with Crippen molar-refractivity contribution in [3.05, 3.63) is 35.9 Å². The van der Waals surface area contributed by atoms with Crippen LogP contribution >= 0.6 is 11.6 Å². The third-order valence-electron chi connectivity index (χ3n) is 2.40. The number of rotatable bonds is 4. The van der Waals surface area contributed by atoms with Crippen LogP contribution in [0.5, 0.6) is 0 Å². The summed E-state index contributed by atoms with van der Waals surface area (Å²) in [6.07, 6.45) is 2.93. The van der Waals surface area contributed by atoms with Crippen molar-refractivity contribution in [1.82, 2.24) is 0 Å². The van der Waals surface area contributed by atoms with E-state index in [-0.39, 0.29) is 0 Å². The molecule has 0 spiro atoms. The van der Waals surface area contributed by atoms with E-state index in [4.69, 9.17) is 16.3 Å². The third-order valence-corrected chi connectivity index (χ3v) is 2.70. The summed E-state index contributed by atoms with van der Waals surface area (Å²) in [5, 5.41) is 0. The van der Waals surface area contributed by atoms with Crippen molar-refractivity contribution in [1.29, 1.82) is 0 Å². The molecule has 0 aromatic heterocycles. The van der Waals surface area contributed by atoms with Gasteiger partial charge in [-0.1, -0.05) is 30.3 Å². The van der Waals surface area contributed by atoms with Gasteiger partial charge in [0.15, 0.2) is 0 Å². The Balaban J connectivity index is 1.75. The average Bonchev–Trinajstić information content (AvgIpc) is 2.95. The van der Waals surface area contributed by atoms with Gasteiger partial charge < -0.3 is 4.74 Å². The lowest BCUT2D eigenvalue weighted by Crippen LogP contribution is -1.97. The molecule has 0 N–H and O–H groups in total. The van der Waals surface area contributed by atoms with Gasteiger partial charge in [-0.15, -0.1) is 11.6 Å². The topological polar surface area (TPSA) is 12.5 Å². The van der Waals surface area contributed by atoms with Crippen molar-refractivity contribution >= 4 is 11.6 Å². The van der Waals surface area contributed by atoms with Gasteiger partial charge in [0.05, 0.1) is 18.1 Å². The molecule has 0 unspecified atom stereocenters. The molecule has 70 valence electrons. The van der Waals surface area contributed by atoms with E-state index in [1.807, 2.05) is 6.07 Å². The molecule has 0 amide bonds. The zero-order valence-electron chi connectivity index (χ0n) is 7.45. The number of alkyl halides is 1. The summed E-state index contributed by atoms with van der Waals surface area (Å²) in [5.74, 6) is 0.638. The highest BCUT2D eigenvalue weighted by molar-refractivity contribution is 6.18. The van der Waals surface area contributed by atoms with Crippen LogP contribution in [0.2, 0.25) is 0 Å². The fraction of sp³-hybridized carbons (Fsp3) is 0.455. The van der Waals surface area contributed by atoms with Crippen LogP contribution in [-0.2, 0) is 11.2 Å². The molecule has 1 heterocycles. The van der Waals surface area contributed by atoms with Crippen LogP contribution in [0.1, 0.15) is 12.0 Å². The van der Waals surface area contributed by atoms with Crippen LogP contribution in [0, 0.1) is 0 Å². The molecule has 1 saturated heterocycles. The van der Waals surface area contributed by atoms with Gasteiger partial charge in [0.1, 0.15) is 0 Å². The number of ether oxygens (including phenoxy) is 1. The molecule has 1 aromatic carbocycles.